The highest BCUT2D eigenvalue weighted by molar-refractivity contribution is 8.03. The van der Waals surface area contributed by atoms with Gasteiger partial charge in [0.1, 0.15) is 22.3 Å². The molecule has 6 nitrogen and oxygen atoms in total. The lowest BCUT2D eigenvalue weighted by atomic mass is 10.1. The Hall–Kier alpha value is -3.50. The van der Waals surface area contributed by atoms with E-state index >= 15 is 0 Å². The first-order valence-corrected chi connectivity index (χ1v) is 9.66. The first-order chi connectivity index (χ1) is 14.0. The van der Waals surface area contributed by atoms with E-state index in [9.17, 15) is 14.9 Å². The Kier molecular flexibility index (Phi) is 4.87. The van der Waals surface area contributed by atoms with Crippen molar-refractivity contribution in [1.29, 1.82) is 5.26 Å². The molecule has 29 heavy (non-hydrogen) atoms. The van der Waals surface area contributed by atoms with Crippen LogP contribution in [-0.2, 0) is 9.53 Å². The predicted octanol–water partition coefficient (Wildman–Crippen LogP) is 4.44. The van der Waals surface area contributed by atoms with Crippen molar-refractivity contribution in [2.45, 2.75) is 11.8 Å². The number of furan rings is 1. The smallest absolute Gasteiger partial charge is 0.375 e. The number of hydrogen-bond acceptors (Lipinski definition) is 7. The molecule has 1 aromatic heterocycles. The minimum absolute atomic E-state index is 0.0390. The van der Waals surface area contributed by atoms with Gasteiger partial charge in [-0.3, -0.25) is 4.79 Å². The third kappa shape index (κ3) is 3.28. The number of ether oxygens (including phenoxy) is 1. The summed E-state index contributed by atoms with van der Waals surface area (Å²) in [5.41, 5.74) is 2.11. The number of carbonyl (C=O) groups is 2. The molecule has 0 radical (unpaired) electrons. The van der Waals surface area contributed by atoms with Gasteiger partial charge in [0.2, 0.25) is 11.5 Å². The van der Waals surface area contributed by atoms with E-state index < -0.39 is 18.4 Å². The zero-order valence-electron chi connectivity index (χ0n) is 15.8. The minimum Gasteiger partial charge on any atom is -0.451 e. The second-order valence-corrected chi connectivity index (χ2v) is 7.50. The van der Waals surface area contributed by atoms with Gasteiger partial charge >= 0.3 is 5.97 Å². The lowest BCUT2D eigenvalue weighted by molar-refractivity contribution is -0.118. The molecule has 0 saturated carbocycles. The number of benzene rings is 2. The van der Waals surface area contributed by atoms with Crippen LogP contribution in [0.25, 0.3) is 11.0 Å². The van der Waals surface area contributed by atoms with Crippen LogP contribution in [0.2, 0.25) is 0 Å². The van der Waals surface area contributed by atoms with Crippen molar-refractivity contribution in [1.82, 2.24) is 0 Å². The van der Waals surface area contributed by atoms with Gasteiger partial charge in [-0.1, -0.05) is 42.1 Å². The van der Waals surface area contributed by atoms with Gasteiger partial charge in [0.25, 0.3) is 0 Å². The molecular weight excluding hydrogens is 388 g/mol. The molecule has 2 heterocycles. The van der Waals surface area contributed by atoms with E-state index in [0.717, 1.165) is 16.0 Å². The van der Waals surface area contributed by atoms with E-state index in [4.69, 9.17) is 9.15 Å². The van der Waals surface area contributed by atoms with Crippen LogP contribution in [0.15, 0.2) is 68.4 Å². The Labute approximate surface area is 171 Å². The lowest BCUT2D eigenvalue weighted by Gasteiger charge is -2.14. The predicted molar refractivity (Wildman–Crippen MR) is 110 cm³/mol. The van der Waals surface area contributed by atoms with Gasteiger partial charge in [0.15, 0.2) is 6.61 Å². The average Bonchev–Trinajstić information content (AvgIpc) is 3.25. The number of fused-ring (bicyclic) bond motifs is 2. The fourth-order valence-corrected chi connectivity index (χ4v) is 4.35. The summed E-state index contributed by atoms with van der Waals surface area (Å²) >= 11 is 1.34. The lowest BCUT2D eigenvalue weighted by Crippen LogP contribution is -2.20. The number of nitrogens with zero attached hydrogens (tertiary/aromatic N) is 2. The van der Waals surface area contributed by atoms with Crippen molar-refractivity contribution < 1.29 is 18.7 Å². The molecule has 0 N–H and O–H groups in total. The summed E-state index contributed by atoms with van der Waals surface area (Å²) in [6.45, 7) is 1.22. The summed E-state index contributed by atoms with van der Waals surface area (Å²) in [5, 5.41) is 10.9. The normalized spacial score (nSPS) is 14.4. The highest BCUT2D eigenvalue weighted by Crippen LogP contribution is 2.46. The number of Topliss-reactive ketones (excluding diaryl/α,β-unsaturated/α-hetero) is 1. The summed E-state index contributed by atoms with van der Waals surface area (Å²) in [4.78, 5) is 27.8. The van der Waals surface area contributed by atoms with Gasteiger partial charge in [-0.05, 0) is 25.1 Å². The summed E-state index contributed by atoms with van der Waals surface area (Å²) < 4.78 is 10.7. The van der Waals surface area contributed by atoms with Crippen molar-refractivity contribution in [3.8, 4) is 6.07 Å². The first-order valence-electron chi connectivity index (χ1n) is 8.84. The maximum absolute atomic E-state index is 12.6. The number of carbonyl (C=O) groups excluding carboxylic acids is 2. The van der Waals surface area contributed by atoms with E-state index in [-0.39, 0.29) is 11.3 Å². The molecule has 0 aliphatic carbocycles. The molecule has 0 fully saturated rings. The monoisotopic (exact) mass is 404 g/mol. The molecule has 2 aromatic carbocycles. The SMILES string of the molecule is Cc1c(C(=O)OCC(=O)/C(C#N)=C2\Sc3ccccc3N2C)oc2ccccc12. The number of hydrogen-bond donors (Lipinski definition) is 0. The molecule has 7 heteroatoms. The maximum atomic E-state index is 12.6. The van der Waals surface area contributed by atoms with Gasteiger partial charge in [-0.25, -0.2) is 4.79 Å². The largest absolute Gasteiger partial charge is 0.451 e. The fourth-order valence-electron chi connectivity index (χ4n) is 3.19. The Morgan fingerprint density at radius 2 is 1.90 bits per heavy atom. The average molecular weight is 404 g/mol. The molecule has 0 spiro atoms. The van der Waals surface area contributed by atoms with E-state index in [1.165, 1.54) is 11.8 Å². The van der Waals surface area contributed by atoms with Crippen molar-refractivity contribution in [3.63, 3.8) is 0 Å². The minimum atomic E-state index is -0.731. The molecule has 0 atom stereocenters. The molecule has 0 saturated heterocycles. The van der Waals surface area contributed by atoms with Crippen LogP contribution in [0.4, 0.5) is 5.69 Å². The Bertz CT molecular complexity index is 1220. The van der Waals surface area contributed by atoms with E-state index in [1.54, 1.807) is 24.9 Å². The summed E-state index contributed by atoms with van der Waals surface area (Å²) in [6.07, 6.45) is 0. The van der Waals surface area contributed by atoms with Crippen molar-refractivity contribution in [3.05, 3.63) is 70.5 Å². The zero-order valence-corrected chi connectivity index (χ0v) is 16.6. The maximum Gasteiger partial charge on any atom is 0.375 e. The van der Waals surface area contributed by atoms with Crippen LogP contribution in [-0.4, -0.2) is 25.4 Å². The van der Waals surface area contributed by atoms with Crippen LogP contribution in [0.1, 0.15) is 16.1 Å². The summed E-state index contributed by atoms with van der Waals surface area (Å²) in [6, 6.07) is 16.8. The van der Waals surface area contributed by atoms with Gasteiger partial charge in [0.05, 0.1) is 5.69 Å². The first kappa shape index (κ1) is 18.8. The fraction of sp³-hybridized carbons (Fsp3) is 0.136. The molecule has 0 amide bonds. The van der Waals surface area contributed by atoms with Crippen LogP contribution in [0.5, 0.6) is 0 Å². The standard InChI is InChI=1S/C22H16N2O4S/c1-13-14-7-3-5-9-18(14)28-20(13)22(26)27-12-17(25)15(11-23)21-24(2)16-8-4-6-10-19(16)29-21/h3-10H,12H2,1-2H3/b21-15-. The third-order valence-corrected chi connectivity index (χ3v) is 5.94. The number of anilines is 1. The summed E-state index contributed by atoms with van der Waals surface area (Å²) in [7, 11) is 1.79. The van der Waals surface area contributed by atoms with Gasteiger partial charge in [0, 0.05) is 22.9 Å². The highest BCUT2D eigenvalue weighted by atomic mass is 32.2. The Morgan fingerprint density at radius 3 is 2.62 bits per heavy atom. The molecule has 0 bridgehead atoms. The number of aryl methyl sites for hydroxylation is 1. The number of rotatable bonds is 4. The zero-order chi connectivity index (χ0) is 20.5. The highest BCUT2D eigenvalue weighted by Gasteiger charge is 2.29. The van der Waals surface area contributed by atoms with Crippen LogP contribution >= 0.6 is 11.8 Å². The number of thioether (sulfide) groups is 1. The second kappa shape index (κ2) is 7.49. The topological polar surface area (TPSA) is 83.5 Å². The number of ketones is 1. The number of para-hydroxylation sites is 2. The van der Waals surface area contributed by atoms with Crippen LogP contribution < -0.4 is 4.90 Å². The van der Waals surface area contributed by atoms with Crippen LogP contribution in [0, 0.1) is 18.3 Å². The summed E-state index contributed by atoms with van der Waals surface area (Å²) in [5.74, 6) is -1.23. The van der Waals surface area contributed by atoms with Gasteiger partial charge < -0.3 is 14.1 Å². The number of esters is 1. The van der Waals surface area contributed by atoms with Crippen molar-refractivity contribution in [2.24, 2.45) is 0 Å². The quantitative estimate of drug-likeness (QED) is 0.361. The Balaban J connectivity index is 1.52. The molecule has 144 valence electrons. The van der Waals surface area contributed by atoms with Gasteiger partial charge in [-0.15, -0.1) is 0 Å². The van der Waals surface area contributed by atoms with Crippen molar-refractivity contribution >= 4 is 40.2 Å². The van der Waals surface area contributed by atoms with Crippen LogP contribution in [0.3, 0.4) is 0 Å². The Morgan fingerprint density at radius 1 is 1.17 bits per heavy atom. The molecular formula is C22H16N2O4S. The molecule has 1 aliphatic heterocycles. The third-order valence-electron chi connectivity index (χ3n) is 4.71. The van der Waals surface area contributed by atoms with Crippen molar-refractivity contribution in [2.75, 3.05) is 18.6 Å². The van der Waals surface area contributed by atoms with E-state index in [0.29, 0.717) is 16.2 Å². The number of nitriles is 1. The molecule has 0 unspecified atom stereocenters. The van der Waals surface area contributed by atoms with Gasteiger partial charge in [-0.2, -0.15) is 5.26 Å². The molecule has 3 aromatic rings. The second-order valence-electron chi connectivity index (χ2n) is 6.47. The molecule has 4 rings (SSSR count). The van der Waals surface area contributed by atoms with E-state index in [2.05, 4.69) is 0 Å². The molecule has 1 aliphatic rings. The van der Waals surface area contributed by atoms with E-state index in [1.807, 2.05) is 48.5 Å².